The van der Waals surface area contributed by atoms with Crippen LogP contribution in [-0.2, 0) is 11.3 Å². The van der Waals surface area contributed by atoms with Crippen LogP contribution in [0.2, 0.25) is 0 Å². The molecule has 2 fully saturated rings. The van der Waals surface area contributed by atoms with Crippen molar-refractivity contribution in [3.63, 3.8) is 0 Å². The number of halogens is 1. The van der Waals surface area contributed by atoms with Crippen LogP contribution < -0.4 is 10.6 Å². The first-order valence-corrected chi connectivity index (χ1v) is 10.4. The molecule has 0 bridgehead atoms. The molecule has 1 aliphatic heterocycles. The first-order valence-electron chi connectivity index (χ1n) is 9.44. The normalized spacial score (nSPS) is 20.8. The third-order valence-corrected chi connectivity index (χ3v) is 6.57. The Bertz CT molecular complexity index is 788. The van der Waals surface area contributed by atoms with Gasteiger partial charge < -0.3 is 20.0 Å². The predicted octanol–water partition coefficient (Wildman–Crippen LogP) is 3.05. The minimum absolute atomic E-state index is 0. The number of thiophene rings is 1. The summed E-state index contributed by atoms with van der Waals surface area (Å²) >= 11 is 1.64. The summed E-state index contributed by atoms with van der Waals surface area (Å²) in [5, 5.41) is 10.4. The number of hydrogen-bond donors (Lipinski definition) is 2. The van der Waals surface area contributed by atoms with Crippen molar-refractivity contribution >= 4 is 35.6 Å². The zero-order valence-corrected chi connectivity index (χ0v) is 17.5. The molecule has 1 spiro atoms. The van der Waals surface area contributed by atoms with Crippen LogP contribution in [0.5, 0.6) is 0 Å². The maximum atomic E-state index is 13.3. The van der Waals surface area contributed by atoms with Crippen LogP contribution in [0.25, 0.3) is 0 Å². The fourth-order valence-corrected chi connectivity index (χ4v) is 4.79. The van der Waals surface area contributed by atoms with Gasteiger partial charge in [-0.15, -0.1) is 12.4 Å². The summed E-state index contributed by atoms with van der Waals surface area (Å²) in [6.07, 6.45) is 6.13. The maximum absolute atomic E-state index is 13.3. The van der Waals surface area contributed by atoms with E-state index in [9.17, 15) is 9.59 Å². The maximum Gasteiger partial charge on any atom is 0.255 e. The number of amides is 2. The Morgan fingerprint density at radius 3 is 2.82 bits per heavy atom. The smallest absolute Gasteiger partial charge is 0.255 e. The number of hydrogen-bond acceptors (Lipinski definition) is 5. The molecule has 2 aliphatic rings. The van der Waals surface area contributed by atoms with E-state index in [0.717, 1.165) is 37.9 Å². The highest BCUT2D eigenvalue weighted by Gasteiger charge is 2.58. The molecule has 2 aromatic heterocycles. The van der Waals surface area contributed by atoms with E-state index in [4.69, 9.17) is 4.42 Å². The van der Waals surface area contributed by atoms with Crippen molar-refractivity contribution in [2.75, 3.05) is 13.1 Å². The van der Waals surface area contributed by atoms with Gasteiger partial charge in [0.05, 0.1) is 11.8 Å². The van der Waals surface area contributed by atoms with Crippen molar-refractivity contribution in [3.05, 3.63) is 46.5 Å². The SMILES string of the molecule is CC(NC(=O)c1ccoc1)C(=O)N(Cc1ccsc1)C1CC12CCNCC2.Cl. The number of nitrogens with one attached hydrogen (secondary N) is 2. The molecular formula is C20H26ClN3O3S. The summed E-state index contributed by atoms with van der Waals surface area (Å²) in [6.45, 7) is 4.40. The molecule has 6 nitrogen and oxygen atoms in total. The summed E-state index contributed by atoms with van der Waals surface area (Å²) in [5.74, 6) is -0.300. The molecule has 2 N–H and O–H groups in total. The Kier molecular flexibility index (Phi) is 6.47. The highest BCUT2D eigenvalue weighted by molar-refractivity contribution is 7.07. The van der Waals surface area contributed by atoms with Gasteiger partial charge in [-0.1, -0.05) is 0 Å². The van der Waals surface area contributed by atoms with E-state index in [-0.39, 0.29) is 35.7 Å². The average Bonchev–Trinajstić information content (AvgIpc) is 3.12. The van der Waals surface area contributed by atoms with Crippen molar-refractivity contribution in [2.45, 2.75) is 44.8 Å². The van der Waals surface area contributed by atoms with Crippen LogP contribution in [0.4, 0.5) is 0 Å². The standard InChI is InChI=1S/C20H25N3O3S.ClH/c1-14(22-18(24)16-2-8-26-12-16)19(25)23(11-15-3-9-27-13-15)17-10-20(17)4-6-21-7-5-20;/h2-3,8-9,12-14,17,21H,4-7,10-11H2,1H3,(H,22,24);1H. The van der Waals surface area contributed by atoms with Gasteiger partial charge in [0.15, 0.2) is 0 Å². The molecule has 3 heterocycles. The molecule has 28 heavy (non-hydrogen) atoms. The minimum atomic E-state index is -0.578. The minimum Gasteiger partial charge on any atom is -0.472 e. The van der Waals surface area contributed by atoms with Crippen LogP contribution in [0.1, 0.15) is 42.1 Å². The molecule has 2 atom stereocenters. The quantitative estimate of drug-likeness (QED) is 0.748. The Balaban J connectivity index is 0.00000225. The zero-order chi connectivity index (χ0) is 18.9. The molecule has 1 saturated carbocycles. The second kappa shape index (κ2) is 8.68. The van der Waals surface area contributed by atoms with E-state index in [0.29, 0.717) is 12.1 Å². The molecule has 0 aromatic carbocycles. The monoisotopic (exact) mass is 423 g/mol. The second-order valence-corrected chi connectivity index (χ2v) is 8.42. The molecular weight excluding hydrogens is 398 g/mol. The van der Waals surface area contributed by atoms with Gasteiger partial charge in [0, 0.05) is 12.6 Å². The topological polar surface area (TPSA) is 74.6 Å². The van der Waals surface area contributed by atoms with Crippen LogP contribution in [-0.4, -0.2) is 41.9 Å². The number of carbonyl (C=O) groups excluding carboxylic acids is 2. The molecule has 2 unspecified atom stereocenters. The van der Waals surface area contributed by atoms with Crippen LogP contribution in [0.15, 0.2) is 39.8 Å². The van der Waals surface area contributed by atoms with Crippen molar-refractivity contribution < 1.29 is 14.0 Å². The summed E-state index contributed by atoms with van der Waals surface area (Å²) in [7, 11) is 0. The highest BCUT2D eigenvalue weighted by atomic mass is 35.5. The van der Waals surface area contributed by atoms with Crippen molar-refractivity contribution in [1.29, 1.82) is 0 Å². The molecule has 2 amide bonds. The average molecular weight is 424 g/mol. The van der Waals surface area contributed by atoms with E-state index in [2.05, 4.69) is 22.1 Å². The van der Waals surface area contributed by atoms with Crippen molar-refractivity contribution in [1.82, 2.24) is 15.5 Å². The predicted molar refractivity (Wildman–Crippen MR) is 111 cm³/mol. The molecule has 152 valence electrons. The first-order chi connectivity index (χ1) is 13.1. The summed E-state index contributed by atoms with van der Waals surface area (Å²) < 4.78 is 4.96. The number of nitrogens with zero attached hydrogens (tertiary/aromatic N) is 1. The van der Waals surface area contributed by atoms with Gasteiger partial charge in [-0.3, -0.25) is 9.59 Å². The number of piperidine rings is 1. The lowest BCUT2D eigenvalue weighted by Gasteiger charge is -2.31. The number of carbonyl (C=O) groups is 2. The lowest BCUT2D eigenvalue weighted by Crippen LogP contribution is -2.49. The molecule has 8 heteroatoms. The summed E-state index contributed by atoms with van der Waals surface area (Å²) in [5.41, 5.74) is 1.84. The van der Waals surface area contributed by atoms with Gasteiger partial charge in [-0.25, -0.2) is 0 Å². The van der Waals surface area contributed by atoms with E-state index < -0.39 is 6.04 Å². The fraction of sp³-hybridized carbons (Fsp3) is 0.500. The molecule has 0 radical (unpaired) electrons. The van der Waals surface area contributed by atoms with Crippen molar-refractivity contribution in [2.24, 2.45) is 5.41 Å². The van der Waals surface area contributed by atoms with Crippen LogP contribution in [0, 0.1) is 5.41 Å². The highest BCUT2D eigenvalue weighted by Crippen LogP contribution is 2.56. The van der Waals surface area contributed by atoms with E-state index in [1.165, 1.54) is 12.5 Å². The first kappa shape index (κ1) is 20.9. The molecule has 2 aromatic rings. The lowest BCUT2D eigenvalue weighted by molar-refractivity contribution is -0.134. The molecule has 4 rings (SSSR count). The fourth-order valence-electron chi connectivity index (χ4n) is 4.13. The van der Waals surface area contributed by atoms with Gasteiger partial charge in [0.1, 0.15) is 12.3 Å². The Labute approximate surface area is 175 Å². The largest absolute Gasteiger partial charge is 0.472 e. The van der Waals surface area contributed by atoms with Crippen LogP contribution >= 0.6 is 23.7 Å². The number of furan rings is 1. The third-order valence-electron chi connectivity index (χ3n) is 5.84. The Morgan fingerprint density at radius 2 is 2.18 bits per heavy atom. The number of rotatable bonds is 6. The molecule has 1 aliphatic carbocycles. The zero-order valence-electron chi connectivity index (χ0n) is 15.8. The van der Waals surface area contributed by atoms with E-state index >= 15 is 0 Å². The Morgan fingerprint density at radius 1 is 1.39 bits per heavy atom. The lowest BCUT2D eigenvalue weighted by atomic mass is 9.93. The van der Waals surface area contributed by atoms with Crippen LogP contribution in [0.3, 0.4) is 0 Å². The van der Waals surface area contributed by atoms with Gasteiger partial charge in [-0.2, -0.15) is 11.3 Å². The van der Waals surface area contributed by atoms with Gasteiger partial charge in [-0.05, 0) is 73.1 Å². The summed E-state index contributed by atoms with van der Waals surface area (Å²) in [6, 6.07) is 3.35. The van der Waals surface area contributed by atoms with Gasteiger partial charge in [0.25, 0.3) is 5.91 Å². The third kappa shape index (κ3) is 4.26. The Hall–Kier alpha value is -1.83. The van der Waals surface area contributed by atoms with E-state index in [1.807, 2.05) is 10.3 Å². The summed E-state index contributed by atoms with van der Waals surface area (Å²) in [4.78, 5) is 27.5. The second-order valence-electron chi connectivity index (χ2n) is 7.64. The van der Waals surface area contributed by atoms with Gasteiger partial charge in [0.2, 0.25) is 5.91 Å². The van der Waals surface area contributed by atoms with E-state index in [1.54, 1.807) is 24.3 Å². The van der Waals surface area contributed by atoms with Crippen molar-refractivity contribution in [3.8, 4) is 0 Å². The van der Waals surface area contributed by atoms with Gasteiger partial charge >= 0.3 is 0 Å². The molecule has 1 saturated heterocycles.